The SMILES string of the molecule is CN1C(c2ccccc2)=NC(c2cc3c(N4c5ccccc5Oc5ccccc54)cc2-3)=NC1c1ccccc1. The van der Waals surface area contributed by atoms with Gasteiger partial charge in [-0.1, -0.05) is 84.9 Å². The highest BCUT2D eigenvalue weighted by Gasteiger charge is 2.36. The van der Waals surface area contributed by atoms with E-state index in [0.717, 1.165) is 56.9 Å². The lowest BCUT2D eigenvalue weighted by Gasteiger charge is -2.39. The summed E-state index contributed by atoms with van der Waals surface area (Å²) < 4.78 is 6.20. The maximum Gasteiger partial charge on any atom is 0.160 e. The standard InChI is InChI=1S/C34H24N4O/c1-37-33(22-12-4-2-5-13-22)35-32(36-34(37)23-14-6-3-7-15-23)26-20-25-24(26)21-29(25)38-27-16-8-10-18-30(27)39-31-19-11-9-17-28(31)38/h2-21,33H,1H3. The lowest BCUT2D eigenvalue weighted by molar-refractivity contribution is 0.383. The van der Waals surface area contributed by atoms with Gasteiger partial charge in [0.15, 0.2) is 17.3 Å². The third-order valence-corrected chi connectivity index (χ3v) is 7.63. The zero-order valence-corrected chi connectivity index (χ0v) is 21.3. The summed E-state index contributed by atoms with van der Waals surface area (Å²) in [5.41, 5.74) is 8.99. The van der Waals surface area contributed by atoms with Crippen molar-refractivity contribution in [1.82, 2.24) is 4.90 Å². The minimum absolute atomic E-state index is 0.152. The molecular formula is C34H24N4O. The zero-order valence-electron chi connectivity index (χ0n) is 21.3. The van der Waals surface area contributed by atoms with Crippen LogP contribution in [0.1, 0.15) is 22.9 Å². The lowest BCUT2D eigenvalue weighted by Crippen LogP contribution is -2.36. The zero-order chi connectivity index (χ0) is 25.9. The van der Waals surface area contributed by atoms with Crippen LogP contribution in [0.15, 0.2) is 131 Å². The summed E-state index contributed by atoms with van der Waals surface area (Å²) in [5.74, 6) is 3.41. The summed E-state index contributed by atoms with van der Waals surface area (Å²) >= 11 is 0. The first-order valence-corrected chi connectivity index (χ1v) is 13.1. The van der Waals surface area contributed by atoms with Gasteiger partial charge in [0.2, 0.25) is 0 Å². The molecule has 5 nitrogen and oxygen atoms in total. The monoisotopic (exact) mass is 504 g/mol. The number of aliphatic imine (C=N–C) groups is 2. The van der Waals surface area contributed by atoms with E-state index >= 15 is 0 Å². The highest BCUT2D eigenvalue weighted by Crippen LogP contribution is 2.57. The Morgan fingerprint density at radius 3 is 1.87 bits per heavy atom. The topological polar surface area (TPSA) is 40.4 Å². The molecule has 5 heteroatoms. The van der Waals surface area contributed by atoms with Crippen molar-refractivity contribution >= 4 is 28.7 Å². The molecule has 0 amide bonds. The van der Waals surface area contributed by atoms with Gasteiger partial charge in [0.25, 0.3) is 0 Å². The van der Waals surface area contributed by atoms with Crippen LogP contribution in [0.2, 0.25) is 0 Å². The third-order valence-electron chi connectivity index (χ3n) is 7.63. The summed E-state index contributed by atoms with van der Waals surface area (Å²) in [6, 6.07) is 41.6. The molecule has 1 atom stereocenters. The molecule has 2 heterocycles. The summed E-state index contributed by atoms with van der Waals surface area (Å²) in [4.78, 5) is 14.7. The van der Waals surface area contributed by atoms with E-state index in [4.69, 9.17) is 14.7 Å². The lowest BCUT2D eigenvalue weighted by atomic mass is 9.82. The van der Waals surface area contributed by atoms with Crippen LogP contribution >= 0.6 is 0 Å². The van der Waals surface area contributed by atoms with Crippen LogP contribution in [0.25, 0.3) is 11.1 Å². The van der Waals surface area contributed by atoms with Crippen molar-refractivity contribution in [2.45, 2.75) is 6.17 Å². The smallest absolute Gasteiger partial charge is 0.160 e. The van der Waals surface area contributed by atoms with Crippen molar-refractivity contribution in [3.05, 3.63) is 138 Å². The van der Waals surface area contributed by atoms with Crippen molar-refractivity contribution in [3.63, 3.8) is 0 Å². The predicted molar refractivity (Wildman–Crippen MR) is 157 cm³/mol. The molecule has 39 heavy (non-hydrogen) atoms. The second-order valence-electron chi connectivity index (χ2n) is 9.94. The van der Waals surface area contributed by atoms with Crippen LogP contribution in [0.4, 0.5) is 17.1 Å². The van der Waals surface area contributed by atoms with Gasteiger partial charge < -0.3 is 14.5 Å². The van der Waals surface area contributed by atoms with E-state index in [9.17, 15) is 0 Å². The molecule has 2 aliphatic carbocycles. The van der Waals surface area contributed by atoms with Gasteiger partial charge in [-0.05, 0) is 47.5 Å². The summed E-state index contributed by atoms with van der Waals surface area (Å²) in [5, 5.41) is 0. The summed E-state index contributed by atoms with van der Waals surface area (Å²) in [7, 11) is 2.07. The van der Waals surface area contributed by atoms with Gasteiger partial charge >= 0.3 is 0 Å². The molecule has 0 aromatic heterocycles. The van der Waals surface area contributed by atoms with Gasteiger partial charge in [-0.15, -0.1) is 0 Å². The Kier molecular flexibility index (Phi) is 4.73. The number of ether oxygens (including phenoxy) is 1. The number of rotatable bonds is 4. The molecule has 4 aliphatic rings. The van der Waals surface area contributed by atoms with Gasteiger partial charge in [-0.2, -0.15) is 0 Å². The normalized spacial score (nSPS) is 16.5. The van der Waals surface area contributed by atoms with E-state index in [0.29, 0.717) is 0 Å². The van der Waals surface area contributed by atoms with Crippen molar-refractivity contribution in [2.24, 2.45) is 9.98 Å². The van der Waals surface area contributed by atoms with Crippen molar-refractivity contribution in [3.8, 4) is 22.6 Å². The average molecular weight is 505 g/mol. The largest absolute Gasteiger partial charge is 0.453 e. The Balaban J connectivity index is 1.22. The van der Waals surface area contributed by atoms with Crippen LogP contribution < -0.4 is 9.64 Å². The van der Waals surface area contributed by atoms with Crippen LogP contribution in [-0.2, 0) is 0 Å². The van der Waals surface area contributed by atoms with E-state index in [-0.39, 0.29) is 6.17 Å². The van der Waals surface area contributed by atoms with E-state index < -0.39 is 0 Å². The molecule has 8 rings (SSSR count). The Morgan fingerprint density at radius 1 is 0.615 bits per heavy atom. The van der Waals surface area contributed by atoms with Gasteiger partial charge in [-0.3, -0.25) is 0 Å². The molecule has 1 unspecified atom stereocenters. The minimum atomic E-state index is -0.152. The van der Waals surface area contributed by atoms with Gasteiger partial charge in [0.1, 0.15) is 12.0 Å². The average Bonchev–Trinajstić information content (AvgIpc) is 2.98. The highest BCUT2D eigenvalue weighted by molar-refractivity contribution is 6.20. The summed E-state index contributed by atoms with van der Waals surface area (Å²) in [6.45, 7) is 0. The summed E-state index contributed by atoms with van der Waals surface area (Å²) in [6.07, 6.45) is -0.152. The number of hydrogen-bond acceptors (Lipinski definition) is 5. The number of anilines is 3. The molecule has 0 bridgehead atoms. The number of nitrogens with zero attached hydrogens (tertiary/aromatic N) is 4. The number of fused-ring (bicyclic) bond motifs is 3. The van der Waals surface area contributed by atoms with Crippen molar-refractivity contribution in [1.29, 1.82) is 0 Å². The molecule has 0 saturated carbocycles. The molecule has 0 fully saturated rings. The molecule has 0 spiro atoms. The first-order valence-electron chi connectivity index (χ1n) is 13.1. The molecule has 2 aliphatic heterocycles. The molecule has 0 saturated heterocycles. The number of hydrogen-bond donors (Lipinski definition) is 0. The van der Waals surface area contributed by atoms with Crippen LogP contribution in [0.5, 0.6) is 11.5 Å². The third kappa shape index (κ3) is 3.33. The Labute approximate surface area is 227 Å². The molecule has 186 valence electrons. The fourth-order valence-electron chi connectivity index (χ4n) is 5.64. The van der Waals surface area contributed by atoms with Gasteiger partial charge in [0.05, 0.1) is 17.1 Å². The quantitative estimate of drug-likeness (QED) is 0.243. The van der Waals surface area contributed by atoms with Crippen LogP contribution in [-0.4, -0.2) is 23.6 Å². The predicted octanol–water partition coefficient (Wildman–Crippen LogP) is 8.08. The van der Waals surface area contributed by atoms with Gasteiger partial charge in [-0.25, -0.2) is 9.98 Å². The molecular weight excluding hydrogens is 480 g/mol. The second-order valence-corrected chi connectivity index (χ2v) is 9.94. The van der Waals surface area contributed by atoms with E-state index in [2.05, 4.69) is 102 Å². The van der Waals surface area contributed by atoms with Crippen molar-refractivity contribution < 1.29 is 4.74 Å². The number of amidine groups is 2. The number of benzene rings is 5. The maximum absolute atomic E-state index is 6.20. The van der Waals surface area contributed by atoms with Crippen molar-refractivity contribution in [2.75, 3.05) is 11.9 Å². The molecule has 4 aromatic carbocycles. The highest BCUT2D eigenvalue weighted by atomic mass is 16.5. The van der Waals surface area contributed by atoms with E-state index in [1.54, 1.807) is 0 Å². The first-order chi connectivity index (χ1) is 19.3. The maximum atomic E-state index is 6.20. The molecule has 0 N–H and O–H groups in total. The fraction of sp³-hybridized carbons (Fsp3) is 0.0588. The fourth-order valence-corrected chi connectivity index (χ4v) is 5.64. The van der Waals surface area contributed by atoms with E-state index in [1.807, 2.05) is 36.4 Å². The molecule has 4 aromatic rings. The number of para-hydroxylation sites is 4. The molecule has 0 radical (unpaired) electrons. The minimum Gasteiger partial charge on any atom is -0.453 e. The van der Waals surface area contributed by atoms with Crippen LogP contribution in [0.3, 0.4) is 0 Å². The first kappa shape index (κ1) is 21.9. The Morgan fingerprint density at radius 2 is 1.23 bits per heavy atom. The Hall–Kier alpha value is -5.16. The van der Waals surface area contributed by atoms with Gasteiger partial charge in [0, 0.05) is 23.7 Å². The van der Waals surface area contributed by atoms with Crippen LogP contribution in [0, 0.1) is 0 Å². The second kappa shape index (κ2) is 8.43. The van der Waals surface area contributed by atoms with E-state index in [1.165, 1.54) is 11.1 Å². The Bertz CT molecular complexity index is 1770.